The van der Waals surface area contributed by atoms with E-state index in [0.717, 1.165) is 17.9 Å². The Labute approximate surface area is 150 Å². The van der Waals surface area contributed by atoms with Gasteiger partial charge in [0, 0.05) is 52.0 Å². The average molecular weight is 372 g/mol. The summed E-state index contributed by atoms with van der Waals surface area (Å²) in [4.78, 5) is 4.11. The molecule has 0 heterocycles. The summed E-state index contributed by atoms with van der Waals surface area (Å²) < 4.78 is 35.9. The van der Waals surface area contributed by atoms with Crippen molar-refractivity contribution in [2.75, 3.05) is 51.5 Å². The van der Waals surface area contributed by atoms with Gasteiger partial charge in [0.1, 0.15) is 5.75 Å². The van der Waals surface area contributed by atoms with E-state index in [1.54, 1.807) is 21.1 Å². The second-order valence-electron chi connectivity index (χ2n) is 5.14. The minimum Gasteiger partial charge on any atom is -0.493 e. The van der Waals surface area contributed by atoms with E-state index >= 15 is 0 Å². The van der Waals surface area contributed by atoms with Crippen molar-refractivity contribution in [2.45, 2.75) is 13.3 Å². The standard InChI is InChI=1S/C16H28N4O4S/c1-4-25(21,22)19-10-9-18-16(17-2)20-14-7-5-8-15(13-14)24-12-6-11-23-3/h5,7-8,13,19H,4,6,9-12H2,1-3H3,(H2,17,18,20). The van der Waals surface area contributed by atoms with Crippen LogP contribution < -0.4 is 20.1 Å². The molecule has 0 bridgehead atoms. The van der Waals surface area contributed by atoms with E-state index in [0.29, 0.717) is 32.3 Å². The van der Waals surface area contributed by atoms with Crippen LogP contribution in [0.4, 0.5) is 5.69 Å². The normalized spacial score (nSPS) is 12.0. The van der Waals surface area contributed by atoms with Gasteiger partial charge >= 0.3 is 0 Å². The lowest BCUT2D eigenvalue weighted by Crippen LogP contribution is -2.38. The summed E-state index contributed by atoms with van der Waals surface area (Å²) in [6, 6.07) is 7.54. The molecule has 0 atom stereocenters. The Kier molecular flexibility index (Phi) is 9.90. The van der Waals surface area contributed by atoms with Gasteiger partial charge in [-0.05, 0) is 19.1 Å². The fourth-order valence-electron chi connectivity index (χ4n) is 1.86. The minimum atomic E-state index is -3.18. The quantitative estimate of drug-likeness (QED) is 0.305. The van der Waals surface area contributed by atoms with Gasteiger partial charge in [-0.1, -0.05) is 6.07 Å². The average Bonchev–Trinajstić information content (AvgIpc) is 2.61. The van der Waals surface area contributed by atoms with Crippen molar-refractivity contribution >= 4 is 21.7 Å². The Morgan fingerprint density at radius 2 is 2.04 bits per heavy atom. The van der Waals surface area contributed by atoms with Crippen LogP contribution in [-0.2, 0) is 14.8 Å². The van der Waals surface area contributed by atoms with Gasteiger partial charge in [-0.15, -0.1) is 0 Å². The molecule has 25 heavy (non-hydrogen) atoms. The molecule has 1 aromatic carbocycles. The molecule has 0 unspecified atom stereocenters. The topological polar surface area (TPSA) is 101 Å². The highest BCUT2D eigenvalue weighted by molar-refractivity contribution is 7.89. The SMILES string of the molecule is CCS(=O)(=O)NCCNC(=NC)Nc1cccc(OCCCOC)c1. The molecule has 1 rings (SSSR count). The summed E-state index contributed by atoms with van der Waals surface area (Å²) in [6.45, 7) is 3.56. The highest BCUT2D eigenvalue weighted by Crippen LogP contribution is 2.17. The van der Waals surface area contributed by atoms with Crippen LogP contribution in [0.3, 0.4) is 0 Å². The zero-order valence-electron chi connectivity index (χ0n) is 15.0. The van der Waals surface area contributed by atoms with Crippen molar-refractivity contribution in [1.82, 2.24) is 10.0 Å². The first-order valence-corrected chi connectivity index (χ1v) is 9.82. The van der Waals surface area contributed by atoms with E-state index in [4.69, 9.17) is 9.47 Å². The van der Waals surface area contributed by atoms with Gasteiger partial charge in [0.05, 0.1) is 12.4 Å². The fourth-order valence-corrected chi connectivity index (χ4v) is 2.48. The Balaban J connectivity index is 2.44. The number of methoxy groups -OCH3 is 1. The summed E-state index contributed by atoms with van der Waals surface area (Å²) in [5.41, 5.74) is 0.825. The van der Waals surface area contributed by atoms with Gasteiger partial charge in [0.15, 0.2) is 5.96 Å². The molecule has 9 heteroatoms. The highest BCUT2D eigenvalue weighted by atomic mass is 32.2. The second kappa shape index (κ2) is 11.7. The lowest BCUT2D eigenvalue weighted by atomic mass is 10.3. The molecule has 0 aliphatic rings. The maximum absolute atomic E-state index is 11.4. The molecule has 8 nitrogen and oxygen atoms in total. The first-order valence-electron chi connectivity index (χ1n) is 8.17. The number of hydrogen-bond donors (Lipinski definition) is 3. The molecule has 0 radical (unpaired) electrons. The van der Waals surface area contributed by atoms with Gasteiger partial charge in [0.25, 0.3) is 0 Å². The number of aliphatic imine (C=N–C) groups is 1. The molecular formula is C16H28N4O4S. The van der Waals surface area contributed by atoms with Gasteiger partial charge in [-0.25, -0.2) is 13.1 Å². The highest BCUT2D eigenvalue weighted by Gasteiger charge is 2.05. The Morgan fingerprint density at radius 1 is 1.24 bits per heavy atom. The van der Waals surface area contributed by atoms with E-state index in [1.807, 2.05) is 24.3 Å². The number of guanidine groups is 1. The first-order chi connectivity index (χ1) is 12.0. The zero-order valence-corrected chi connectivity index (χ0v) is 15.9. The molecule has 0 fully saturated rings. The molecule has 0 amide bonds. The number of rotatable bonds is 11. The monoisotopic (exact) mass is 372 g/mol. The third-order valence-corrected chi connectivity index (χ3v) is 4.61. The molecule has 0 saturated carbocycles. The molecule has 142 valence electrons. The number of nitrogens with one attached hydrogen (secondary N) is 3. The van der Waals surface area contributed by atoms with Crippen LogP contribution in [0.1, 0.15) is 13.3 Å². The van der Waals surface area contributed by atoms with Crippen molar-refractivity contribution in [1.29, 1.82) is 0 Å². The predicted molar refractivity (Wildman–Crippen MR) is 101 cm³/mol. The molecule has 1 aromatic rings. The Hall–Kier alpha value is -1.84. The van der Waals surface area contributed by atoms with Crippen molar-refractivity contribution < 1.29 is 17.9 Å². The summed E-state index contributed by atoms with van der Waals surface area (Å²) >= 11 is 0. The van der Waals surface area contributed by atoms with Gasteiger partial charge in [-0.3, -0.25) is 4.99 Å². The van der Waals surface area contributed by atoms with Crippen LogP contribution in [-0.4, -0.2) is 60.6 Å². The summed E-state index contributed by atoms with van der Waals surface area (Å²) in [7, 11) is 0.135. The first kappa shape index (κ1) is 21.2. The van der Waals surface area contributed by atoms with Crippen molar-refractivity contribution in [2.24, 2.45) is 4.99 Å². The van der Waals surface area contributed by atoms with Gasteiger partial charge in [-0.2, -0.15) is 0 Å². The van der Waals surface area contributed by atoms with E-state index < -0.39 is 10.0 Å². The maximum Gasteiger partial charge on any atom is 0.211 e. The van der Waals surface area contributed by atoms with Crippen LogP contribution in [0.15, 0.2) is 29.3 Å². The number of nitrogens with zero attached hydrogens (tertiary/aromatic N) is 1. The Bertz CT molecular complexity index is 635. The summed E-state index contributed by atoms with van der Waals surface area (Å²) in [5.74, 6) is 1.37. The lowest BCUT2D eigenvalue weighted by Gasteiger charge is -2.13. The number of hydrogen-bond acceptors (Lipinski definition) is 5. The zero-order chi connectivity index (χ0) is 18.5. The van der Waals surface area contributed by atoms with E-state index in [-0.39, 0.29) is 5.75 Å². The second-order valence-corrected chi connectivity index (χ2v) is 7.24. The van der Waals surface area contributed by atoms with Crippen molar-refractivity contribution in [3.05, 3.63) is 24.3 Å². The lowest BCUT2D eigenvalue weighted by molar-refractivity contribution is 0.172. The molecule has 0 aromatic heterocycles. The third-order valence-electron chi connectivity index (χ3n) is 3.20. The smallest absolute Gasteiger partial charge is 0.211 e. The van der Waals surface area contributed by atoms with Crippen LogP contribution in [0.5, 0.6) is 5.75 Å². The molecule has 0 aliphatic carbocycles. The molecule has 0 spiro atoms. The van der Waals surface area contributed by atoms with Gasteiger partial charge in [0.2, 0.25) is 10.0 Å². The van der Waals surface area contributed by atoms with Crippen LogP contribution >= 0.6 is 0 Å². The van der Waals surface area contributed by atoms with Crippen LogP contribution in [0.2, 0.25) is 0 Å². The third kappa shape index (κ3) is 9.28. The predicted octanol–water partition coefficient (Wildman–Crippen LogP) is 1.03. The molecular weight excluding hydrogens is 344 g/mol. The van der Waals surface area contributed by atoms with E-state index in [2.05, 4.69) is 20.3 Å². The van der Waals surface area contributed by atoms with E-state index in [9.17, 15) is 8.42 Å². The van der Waals surface area contributed by atoms with Crippen molar-refractivity contribution in [3.63, 3.8) is 0 Å². The largest absolute Gasteiger partial charge is 0.493 e. The van der Waals surface area contributed by atoms with Crippen LogP contribution in [0, 0.1) is 0 Å². The van der Waals surface area contributed by atoms with Crippen LogP contribution in [0.25, 0.3) is 0 Å². The van der Waals surface area contributed by atoms with E-state index in [1.165, 1.54) is 0 Å². The van der Waals surface area contributed by atoms with Crippen molar-refractivity contribution in [3.8, 4) is 5.75 Å². The Morgan fingerprint density at radius 3 is 2.72 bits per heavy atom. The molecule has 3 N–H and O–H groups in total. The number of benzene rings is 1. The minimum absolute atomic E-state index is 0.0666. The van der Waals surface area contributed by atoms with Gasteiger partial charge < -0.3 is 20.1 Å². The molecule has 0 saturated heterocycles. The number of anilines is 1. The summed E-state index contributed by atoms with van der Waals surface area (Å²) in [6.07, 6.45) is 0.824. The fraction of sp³-hybridized carbons (Fsp3) is 0.562. The summed E-state index contributed by atoms with van der Waals surface area (Å²) in [5, 5.41) is 6.19. The number of sulfonamides is 1. The maximum atomic E-state index is 11.4. The molecule has 0 aliphatic heterocycles. The number of ether oxygens (including phenoxy) is 2.